The zero-order chi connectivity index (χ0) is 12.0. The lowest BCUT2D eigenvalue weighted by Crippen LogP contribution is -2.36. The molecular formula is C7H12N2O4S2. The minimum Gasteiger partial charge on any atom is -0.480 e. The lowest BCUT2D eigenvalue weighted by atomic mass is 10.3. The van der Waals surface area contributed by atoms with E-state index in [-0.39, 0.29) is 11.5 Å². The van der Waals surface area contributed by atoms with Crippen molar-refractivity contribution in [1.29, 1.82) is 0 Å². The van der Waals surface area contributed by atoms with Gasteiger partial charge >= 0.3 is 5.97 Å². The molecule has 0 heterocycles. The van der Waals surface area contributed by atoms with Gasteiger partial charge in [0.05, 0.1) is 6.04 Å². The molecular weight excluding hydrogens is 240 g/mol. The van der Waals surface area contributed by atoms with E-state index >= 15 is 0 Å². The summed E-state index contributed by atoms with van der Waals surface area (Å²) in [5.41, 5.74) is 10.5. The summed E-state index contributed by atoms with van der Waals surface area (Å²) in [6, 6.07) is -2.17. The van der Waals surface area contributed by atoms with Crippen molar-refractivity contribution >= 4 is 38.5 Å². The molecule has 0 aromatic heterocycles. The van der Waals surface area contributed by atoms with Gasteiger partial charge in [-0.2, -0.15) is 0 Å². The molecule has 0 aliphatic carbocycles. The van der Waals surface area contributed by atoms with Gasteiger partial charge in [-0.15, -0.1) is 0 Å². The fourth-order valence-corrected chi connectivity index (χ4v) is 2.51. The molecule has 0 unspecified atom stereocenters. The first-order chi connectivity index (χ1) is 6.86. The Labute approximate surface area is 94.5 Å². The molecule has 0 spiro atoms. The Morgan fingerprint density at radius 3 is 2.27 bits per heavy atom. The van der Waals surface area contributed by atoms with Gasteiger partial charge in [0.25, 0.3) is 0 Å². The molecule has 2 atom stereocenters. The molecule has 0 aromatic rings. The van der Waals surface area contributed by atoms with E-state index in [1.165, 1.54) is 6.92 Å². The van der Waals surface area contributed by atoms with E-state index in [4.69, 9.17) is 16.6 Å². The quantitative estimate of drug-likeness (QED) is 0.415. The Kier molecular flexibility index (Phi) is 6.57. The minimum absolute atomic E-state index is 0.182. The van der Waals surface area contributed by atoms with Gasteiger partial charge in [0.15, 0.2) is 6.04 Å². The number of carboxylic acids is 1. The second kappa shape index (κ2) is 6.83. The maximum absolute atomic E-state index is 11.0. The van der Waals surface area contributed by atoms with Gasteiger partial charge in [0, 0.05) is 5.75 Å². The van der Waals surface area contributed by atoms with Crippen molar-refractivity contribution in [3.63, 3.8) is 0 Å². The van der Waals surface area contributed by atoms with Gasteiger partial charge in [-0.25, -0.2) is 0 Å². The predicted molar refractivity (Wildman–Crippen MR) is 59.3 cm³/mol. The summed E-state index contributed by atoms with van der Waals surface area (Å²) in [5, 5.41) is 7.74. The standard InChI is InChI=1S/C7H12N2O4S2/c1-3(10)4(8)2-14-15-7(13)5(9)6(11)12/h4-5H,2,8-9H2,1H3,(H,11,12)/t4-,5+/m0/s1. The molecule has 0 aliphatic heterocycles. The highest BCUT2D eigenvalue weighted by Crippen LogP contribution is 2.23. The van der Waals surface area contributed by atoms with E-state index < -0.39 is 23.2 Å². The largest absolute Gasteiger partial charge is 0.480 e. The third-order valence-electron chi connectivity index (χ3n) is 1.43. The molecule has 0 aliphatic rings. The molecule has 0 amide bonds. The van der Waals surface area contributed by atoms with Crippen molar-refractivity contribution in [2.24, 2.45) is 11.5 Å². The van der Waals surface area contributed by atoms with E-state index in [1.807, 2.05) is 0 Å². The number of nitrogens with two attached hydrogens (primary N) is 2. The Morgan fingerprint density at radius 1 is 1.33 bits per heavy atom. The molecule has 6 nitrogen and oxygen atoms in total. The van der Waals surface area contributed by atoms with Crippen molar-refractivity contribution in [2.75, 3.05) is 5.75 Å². The number of rotatable bonds is 6. The van der Waals surface area contributed by atoms with Crippen molar-refractivity contribution in [3.05, 3.63) is 0 Å². The summed E-state index contributed by atoms with van der Waals surface area (Å²) < 4.78 is 0. The number of hydrogen-bond donors (Lipinski definition) is 3. The van der Waals surface area contributed by atoms with Gasteiger partial charge in [-0.3, -0.25) is 14.4 Å². The van der Waals surface area contributed by atoms with Crippen LogP contribution in [0.3, 0.4) is 0 Å². The normalized spacial score (nSPS) is 14.3. The van der Waals surface area contributed by atoms with E-state index in [0.717, 1.165) is 10.8 Å². The molecule has 0 radical (unpaired) electrons. The zero-order valence-corrected chi connectivity index (χ0v) is 9.64. The molecule has 15 heavy (non-hydrogen) atoms. The predicted octanol–water partition coefficient (Wildman–Crippen LogP) is -0.777. The van der Waals surface area contributed by atoms with E-state index in [2.05, 4.69) is 0 Å². The maximum Gasteiger partial charge on any atom is 0.329 e. The van der Waals surface area contributed by atoms with Crippen molar-refractivity contribution in [1.82, 2.24) is 0 Å². The number of ketones is 1. The lowest BCUT2D eigenvalue weighted by Gasteiger charge is -2.07. The van der Waals surface area contributed by atoms with Gasteiger partial charge in [0.2, 0.25) is 5.12 Å². The second-order valence-electron chi connectivity index (χ2n) is 2.72. The Balaban J connectivity index is 3.82. The Bertz CT molecular complexity index is 272. The van der Waals surface area contributed by atoms with Crippen molar-refractivity contribution in [2.45, 2.75) is 19.0 Å². The Morgan fingerprint density at radius 2 is 1.87 bits per heavy atom. The maximum atomic E-state index is 11.0. The highest BCUT2D eigenvalue weighted by Gasteiger charge is 2.22. The minimum atomic E-state index is -1.53. The Hall–Kier alpha value is -0.570. The second-order valence-corrected chi connectivity index (χ2v) is 5.07. The van der Waals surface area contributed by atoms with E-state index in [1.54, 1.807) is 0 Å². The third-order valence-corrected chi connectivity index (χ3v) is 3.72. The van der Waals surface area contributed by atoms with Crippen molar-refractivity contribution in [3.8, 4) is 0 Å². The van der Waals surface area contributed by atoms with Crippen LogP contribution in [0.2, 0.25) is 0 Å². The van der Waals surface area contributed by atoms with Crippen LogP contribution in [0.4, 0.5) is 0 Å². The molecule has 0 aromatic carbocycles. The fourth-order valence-electron chi connectivity index (χ4n) is 0.435. The number of carboxylic acid groups (broad SMARTS) is 1. The number of Topliss-reactive ketones (excluding diaryl/α,β-unsaturated/α-hetero) is 1. The van der Waals surface area contributed by atoms with Gasteiger partial charge in [0.1, 0.15) is 5.78 Å². The number of aliphatic carboxylic acids is 1. The van der Waals surface area contributed by atoms with Gasteiger partial charge < -0.3 is 16.6 Å². The van der Waals surface area contributed by atoms with Crippen LogP contribution in [0, 0.1) is 0 Å². The first-order valence-corrected chi connectivity index (χ1v) is 6.26. The van der Waals surface area contributed by atoms with Crippen molar-refractivity contribution < 1.29 is 19.5 Å². The van der Waals surface area contributed by atoms with Crippen LogP contribution >= 0.6 is 21.6 Å². The van der Waals surface area contributed by atoms with Crippen LogP contribution in [-0.2, 0) is 14.4 Å². The smallest absolute Gasteiger partial charge is 0.329 e. The zero-order valence-electron chi connectivity index (χ0n) is 8.00. The molecule has 0 saturated heterocycles. The van der Waals surface area contributed by atoms with Crippen LogP contribution in [0.5, 0.6) is 0 Å². The molecule has 86 valence electrons. The molecule has 0 rings (SSSR count). The van der Waals surface area contributed by atoms with Crippen LogP contribution in [0.25, 0.3) is 0 Å². The number of hydrogen-bond acceptors (Lipinski definition) is 7. The van der Waals surface area contributed by atoms with Crippen LogP contribution in [0.15, 0.2) is 0 Å². The molecule has 5 N–H and O–H groups in total. The molecule has 8 heteroatoms. The molecule has 0 bridgehead atoms. The van der Waals surface area contributed by atoms with Crippen LogP contribution in [0.1, 0.15) is 6.92 Å². The topological polar surface area (TPSA) is 123 Å². The first kappa shape index (κ1) is 14.4. The number of carbonyl (C=O) groups is 3. The third kappa shape index (κ3) is 5.78. The first-order valence-electron chi connectivity index (χ1n) is 3.94. The number of carbonyl (C=O) groups excluding carboxylic acids is 2. The summed E-state index contributed by atoms with van der Waals surface area (Å²) in [7, 11) is 1.72. The van der Waals surface area contributed by atoms with Crippen LogP contribution in [-0.4, -0.2) is 39.8 Å². The fraction of sp³-hybridized carbons (Fsp3) is 0.571. The summed E-state index contributed by atoms with van der Waals surface area (Å²) in [6.07, 6.45) is 0. The van der Waals surface area contributed by atoms with E-state index in [9.17, 15) is 14.4 Å². The average molecular weight is 252 g/mol. The van der Waals surface area contributed by atoms with E-state index in [0.29, 0.717) is 10.8 Å². The lowest BCUT2D eigenvalue weighted by molar-refractivity contribution is -0.140. The molecule has 0 saturated carbocycles. The summed E-state index contributed by atoms with van der Waals surface area (Å²) in [5.74, 6) is -1.31. The summed E-state index contributed by atoms with van der Waals surface area (Å²) in [4.78, 5) is 32.1. The highest BCUT2D eigenvalue weighted by molar-refractivity contribution is 8.82. The SMILES string of the molecule is CC(=O)[C@@H](N)CSSC(=O)[C@H](N)C(=O)O. The van der Waals surface area contributed by atoms with Gasteiger partial charge in [-0.05, 0) is 17.7 Å². The summed E-state index contributed by atoms with van der Waals surface area (Å²) >= 11 is 0. The van der Waals surface area contributed by atoms with Crippen LogP contribution < -0.4 is 11.5 Å². The van der Waals surface area contributed by atoms with Gasteiger partial charge in [-0.1, -0.05) is 10.8 Å². The monoisotopic (exact) mass is 252 g/mol. The summed E-state index contributed by atoms with van der Waals surface area (Å²) in [6.45, 7) is 1.35. The highest BCUT2D eigenvalue weighted by atomic mass is 33.1. The molecule has 0 fully saturated rings. The average Bonchev–Trinajstić information content (AvgIpc) is 2.15.